The van der Waals surface area contributed by atoms with E-state index >= 15 is 0 Å². The van der Waals surface area contributed by atoms with Gasteiger partial charge in [-0.1, -0.05) is 23.5 Å². The van der Waals surface area contributed by atoms with Gasteiger partial charge < -0.3 is 10.4 Å². The van der Waals surface area contributed by atoms with Crippen LogP contribution in [0.5, 0.6) is 0 Å². The highest BCUT2D eigenvalue weighted by molar-refractivity contribution is 7.19. The molecular formula is C12H11N3O3S. The highest BCUT2D eigenvalue weighted by Crippen LogP contribution is 2.23. The van der Waals surface area contributed by atoms with Crippen LogP contribution in [0.4, 0.5) is 10.1 Å². The van der Waals surface area contributed by atoms with Gasteiger partial charge in [-0.2, -0.15) is 0 Å². The zero-order chi connectivity index (χ0) is 13.8. The van der Waals surface area contributed by atoms with Gasteiger partial charge in [-0.25, -0.2) is 9.78 Å². The fourth-order valence-electron chi connectivity index (χ4n) is 1.48. The standard InChI is InChI=1S/C12H11N3O3S/c1-13-9-6-14-12(19-9)15-10(16)7-4-2-3-5-8(7)11(17)18/h2-6,13H,1H3,(H,17,18)(H,14,15,16). The number of carboxylic acids is 1. The number of nitrogens with one attached hydrogen (secondary N) is 2. The molecule has 0 aliphatic carbocycles. The van der Waals surface area contributed by atoms with Crippen LogP contribution >= 0.6 is 11.3 Å². The van der Waals surface area contributed by atoms with Gasteiger partial charge in [0, 0.05) is 7.05 Å². The van der Waals surface area contributed by atoms with Crippen molar-refractivity contribution in [2.75, 3.05) is 17.7 Å². The van der Waals surface area contributed by atoms with E-state index in [0.29, 0.717) is 5.13 Å². The maximum absolute atomic E-state index is 12.0. The van der Waals surface area contributed by atoms with Crippen molar-refractivity contribution in [3.8, 4) is 0 Å². The van der Waals surface area contributed by atoms with Crippen LogP contribution < -0.4 is 10.6 Å². The van der Waals surface area contributed by atoms with Crippen molar-refractivity contribution in [2.24, 2.45) is 0 Å². The first-order valence-corrected chi connectivity index (χ1v) is 6.20. The van der Waals surface area contributed by atoms with E-state index in [9.17, 15) is 9.59 Å². The normalized spacial score (nSPS) is 9.95. The van der Waals surface area contributed by atoms with E-state index in [0.717, 1.165) is 5.00 Å². The number of carbonyl (C=O) groups is 2. The quantitative estimate of drug-likeness (QED) is 0.796. The second-order valence-electron chi connectivity index (χ2n) is 3.58. The summed E-state index contributed by atoms with van der Waals surface area (Å²) >= 11 is 1.27. The average Bonchev–Trinajstić information content (AvgIpc) is 2.86. The molecule has 0 aliphatic heterocycles. The molecule has 0 aliphatic rings. The molecule has 1 heterocycles. The first kappa shape index (κ1) is 13.0. The molecule has 3 N–H and O–H groups in total. The number of hydrogen-bond donors (Lipinski definition) is 3. The second-order valence-corrected chi connectivity index (χ2v) is 4.62. The SMILES string of the molecule is CNc1cnc(NC(=O)c2ccccc2C(=O)O)s1. The van der Waals surface area contributed by atoms with Gasteiger partial charge in [0.25, 0.3) is 5.91 Å². The highest BCUT2D eigenvalue weighted by Gasteiger charge is 2.16. The van der Waals surface area contributed by atoms with Crippen LogP contribution in [0.25, 0.3) is 0 Å². The van der Waals surface area contributed by atoms with Crippen molar-refractivity contribution >= 4 is 33.3 Å². The number of rotatable bonds is 4. The van der Waals surface area contributed by atoms with Crippen LogP contribution in [-0.4, -0.2) is 29.0 Å². The summed E-state index contributed by atoms with van der Waals surface area (Å²) < 4.78 is 0. The minimum Gasteiger partial charge on any atom is -0.478 e. The summed E-state index contributed by atoms with van der Waals surface area (Å²) in [6, 6.07) is 6.04. The molecule has 0 spiro atoms. The molecule has 98 valence electrons. The molecule has 0 atom stereocenters. The number of carbonyl (C=O) groups excluding carboxylic acids is 1. The minimum atomic E-state index is -1.14. The molecule has 0 fully saturated rings. The monoisotopic (exact) mass is 277 g/mol. The molecule has 0 saturated heterocycles. The van der Waals surface area contributed by atoms with E-state index in [4.69, 9.17) is 5.11 Å². The van der Waals surface area contributed by atoms with E-state index in [2.05, 4.69) is 15.6 Å². The molecule has 1 aromatic heterocycles. The molecule has 6 nitrogen and oxygen atoms in total. The van der Waals surface area contributed by atoms with Crippen molar-refractivity contribution in [1.82, 2.24) is 4.98 Å². The van der Waals surface area contributed by atoms with Gasteiger partial charge in [0.05, 0.1) is 17.3 Å². The average molecular weight is 277 g/mol. The third-order valence-corrected chi connectivity index (χ3v) is 3.30. The van der Waals surface area contributed by atoms with Crippen molar-refractivity contribution in [3.05, 3.63) is 41.6 Å². The summed E-state index contributed by atoms with van der Waals surface area (Å²) in [6.07, 6.45) is 1.59. The third kappa shape index (κ3) is 2.89. The molecule has 2 rings (SSSR count). The Balaban J connectivity index is 2.22. The smallest absolute Gasteiger partial charge is 0.336 e. The summed E-state index contributed by atoms with van der Waals surface area (Å²) in [5, 5.41) is 15.7. The van der Waals surface area contributed by atoms with Crippen molar-refractivity contribution < 1.29 is 14.7 Å². The lowest BCUT2D eigenvalue weighted by Crippen LogP contribution is -2.16. The predicted octanol–water partition coefficient (Wildman–Crippen LogP) is 2.14. The largest absolute Gasteiger partial charge is 0.478 e. The van der Waals surface area contributed by atoms with Crippen LogP contribution in [0.15, 0.2) is 30.5 Å². The number of benzene rings is 1. The molecule has 2 aromatic rings. The summed E-state index contributed by atoms with van der Waals surface area (Å²) in [7, 11) is 1.75. The topological polar surface area (TPSA) is 91.3 Å². The molecule has 0 radical (unpaired) electrons. The number of aromatic carboxylic acids is 1. The summed E-state index contributed by atoms with van der Waals surface area (Å²) in [5.41, 5.74) is 0.0709. The van der Waals surface area contributed by atoms with E-state index in [1.807, 2.05) is 0 Å². The molecule has 0 unspecified atom stereocenters. The Bertz CT molecular complexity index is 624. The number of aromatic nitrogens is 1. The molecule has 1 amide bonds. The van der Waals surface area contributed by atoms with Crippen molar-refractivity contribution in [1.29, 1.82) is 0 Å². The summed E-state index contributed by atoms with van der Waals surface area (Å²) in [6.45, 7) is 0. The molecule has 1 aromatic carbocycles. The van der Waals surface area contributed by atoms with E-state index in [1.54, 1.807) is 25.4 Å². The number of nitrogens with zero attached hydrogens (tertiary/aromatic N) is 1. The first-order valence-electron chi connectivity index (χ1n) is 5.39. The molecule has 0 saturated carbocycles. The van der Waals surface area contributed by atoms with Gasteiger partial charge in [0.2, 0.25) is 0 Å². The van der Waals surface area contributed by atoms with Gasteiger partial charge in [0.1, 0.15) is 5.00 Å². The number of thiazole rings is 1. The van der Waals surface area contributed by atoms with Crippen LogP contribution in [0.2, 0.25) is 0 Å². The minimum absolute atomic E-state index is 0.0367. The zero-order valence-corrected chi connectivity index (χ0v) is 10.8. The highest BCUT2D eigenvalue weighted by atomic mass is 32.1. The first-order chi connectivity index (χ1) is 9.11. The number of hydrogen-bond acceptors (Lipinski definition) is 5. The lowest BCUT2D eigenvalue weighted by molar-refractivity contribution is 0.0692. The molecular weight excluding hydrogens is 266 g/mol. The maximum Gasteiger partial charge on any atom is 0.336 e. The van der Waals surface area contributed by atoms with Gasteiger partial charge >= 0.3 is 5.97 Å². The van der Waals surface area contributed by atoms with Gasteiger partial charge in [-0.15, -0.1) is 0 Å². The molecule has 0 bridgehead atoms. The number of amides is 1. The Morgan fingerprint density at radius 1 is 1.26 bits per heavy atom. The Hall–Kier alpha value is -2.41. The van der Waals surface area contributed by atoms with E-state index < -0.39 is 11.9 Å². The zero-order valence-electron chi connectivity index (χ0n) is 10.0. The Labute approximate surface area is 113 Å². The maximum atomic E-state index is 12.0. The Morgan fingerprint density at radius 2 is 1.95 bits per heavy atom. The predicted molar refractivity (Wildman–Crippen MR) is 73.0 cm³/mol. The van der Waals surface area contributed by atoms with Gasteiger partial charge in [-0.05, 0) is 12.1 Å². The van der Waals surface area contributed by atoms with Crippen LogP contribution in [0.1, 0.15) is 20.7 Å². The third-order valence-electron chi connectivity index (χ3n) is 2.37. The summed E-state index contributed by atoms with van der Waals surface area (Å²) in [4.78, 5) is 27.0. The van der Waals surface area contributed by atoms with Gasteiger partial charge in [0.15, 0.2) is 5.13 Å². The van der Waals surface area contributed by atoms with Crippen LogP contribution in [0, 0.1) is 0 Å². The second kappa shape index (κ2) is 5.49. The van der Waals surface area contributed by atoms with E-state index in [-0.39, 0.29) is 11.1 Å². The number of anilines is 2. The van der Waals surface area contributed by atoms with Crippen LogP contribution in [0.3, 0.4) is 0 Å². The van der Waals surface area contributed by atoms with Crippen LogP contribution in [-0.2, 0) is 0 Å². The summed E-state index contributed by atoms with van der Waals surface area (Å²) in [5.74, 6) is -1.63. The fourth-order valence-corrected chi connectivity index (χ4v) is 2.14. The Morgan fingerprint density at radius 3 is 2.53 bits per heavy atom. The number of carboxylic acid groups (broad SMARTS) is 1. The van der Waals surface area contributed by atoms with Gasteiger partial charge in [-0.3, -0.25) is 10.1 Å². The lowest BCUT2D eigenvalue weighted by Gasteiger charge is -2.04. The Kier molecular flexibility index (Phi) is 3.76. The van der Waals surface area contributed by atoms with Crippen molar-refractivity contribution in [3.63, 3.8) is 0 Å². The fraction of sp³-hybridized carbons (Fsp3) is 0.0833. The van der Waals surface area contributed by atoms with Crippen molar-refractivity contribution in [2.45, 2.75) is 0 Å². The van der Waals surface area contributed by atoms with E-state index in [1.165, 1.54) is 23.5 Å². The molecule has 7 heteroatoms. The lowest BCUT2D eigenvalue weighted by atomic mass is 10.1. The molecule has 19 heavy (non-hydrogen) atoms.